The molecular formula is C22H16F3N5O. The van der Waals surface area contributed by atoms with E-state index in [4.69, 9.17) is 5.26 Å². The Bertz CT molecular complexity index is 1230. The average molecular weight is 423 g/mol. The molecule has 1 amide bonds. The van der Waals surface area contributed by atoms with E-state index in [1.54, 1.807) is 16.9 Å². The van der Waals surface area contributed by atoms with E-state index in [9.17, 15) is 18.0 Å². The lowest BCUT2D eigenvalue weighted by Gasteiger charge is -2.39. The third kappa shape index (κ3) is 3.68. The predicted octanol–water partition coefficient (Wildman–Crippen LogP) is 4.14. The number of halogens is 3. The summed E-state index contributed by atoms with van der Waals surface area (Å²) in [6, 6.07) is 10.1. The molecule has 6 nitrogen and oxygen atoms in total. The molecule has 31 heavy (non-hydrogen) atoms. The van der Waals surface area contributed by atoms with Gasteiger partial charge < -0.3 is 4.90 Å². The van der Waals surface area contributed by atoms with Crippen molar-refractivity contribution in [2.75, 3.05) is 13.1 Å². The lowest BCUT2D eigenvalue weighted by Crippen LogP contribution is -2.51. The zero-order valence-corrected chi connectivity index (χ0v) is 16.2. The fourth-order valence-electron chi connectivity index (χ4n) is 3.48. The Labute approximate surface area is 175 Å². The van der Waals surface area contributed by atoms with Crippen molar-refractivity contribution >= 4 is 16.9 Å². The van der Waals surface area contributed by atoms with Gasteiger partial charge >= 0.3 is 6.18 Å². The van der Waals surface area contributed by atoms with Crippen LogP contribution in [0.25, 0.3) is 22.3 Å². The van der Waals surface area contributed by atoms with Crippen LogP contribution in [0.5, 0.6) is 0 Å². The van der Waals surface area contributed by atoms with E-state index in [1.807, 2.05) is 12.1 Å². The molecule has 0 unspecified atom stereocenters. The van der Waals surface area contributed by atoms with Crippen molar-refractivity contribution in [1.82, 2.24) is 19.7 Å². The fraction of sp³-hybridized carbons (Fsp3) is 0.182. The summed E-state index contributed by atoms with van der Waals surface area (Å²) in [5, 5.41) is 13.7. The maximum atomic E-state index is 12.9. The molecule has 0 radical (unpaired) electrons. The van der Waals surface area contributed by atoms with Gasteiger partial charge in [-0.05, 0) is 30.3 Å². The highest BCUT2D eigenvalue weighted by molar-refractivity contribution is 5.98. The van der Waals surface area contributed by atoms with Crippen LogP contribution in [0.3, 0.4) is 0 Å². The molecule has 0 aliphatic carbocycles. The number of aromatic nitrogens is 3. The fourth-order valence-corrected chi connectivity index (χ4v) is 3.48. The predicted molar refractivity (Wildman–Crippen MR) is 107 cm³/mol. The summed E-state index contributed by atoms with van der Waals surface area (Å²) in [6.07, 6.45) is -0.0669. The van der Waals surface area contributed by atoms with Crippen LogP contribution in [-0.2, 0) is 11.0 Å². The second kappa shape index (κ2) is 7.72. The number of carbonyl (C=O) groups is 1. The third-order valence-electron chi connectivity index (χ3n) is 5.08. The number of alkyl halides is 3. The summed E-state index contributed by atoms with van der Waals surface area (Å²) in [4.78, 5) is 18.3. The van der Waals surface area contributed by atoms with Gasteiger partial charge in [-0.2, -0.15) is 23.5 Å². The number of likely N-dealkylation sites (tertiary alicyclic amines) is 1. The molecule has 1 saturated heterocycles. The lowest BCUT2D eigenvalue weighted by molar-refractivity contribution is -0.137. The summed E-state index contributed by atoms with van der Waals surface area (Å²) < 4.78 is 40.4. The Morgan fingerprint density at radius 3 is 2.55 bits per heavy atom. The Hall–Kier alpha value is -3.93. The van der Waals surface area contributed by atoms with Gasteiger partial charge in [0, 0.05) is 24.8 Å². The second-order valence-electron chi connectivity index (χ2n) is 7.03. The van der Waals surface area contributed by atoms with Gasteiger partial charge in [-0.1, -0.05) is 24.8 Å². The number of amides is 1. The minimum absolute atomic E-state index is 0.00545. The van der Waals surface area contributed by atoms with Gasteiger partial charge in [0.05, 0.1) is 17.1 Å². The van der Waals surface area contributed by atoms with Crippen LogP contribution in [0.15, 0.2) is 66.9 Å². The maximum absolute atomic E-state index is 12.9. The highest BCUT2D eigenvalue weighted by Crippen LogP contribution is 2.34. The van der Waals surface area contributed by atoms with Gasteiger partial charge in [0.25, 0.3) is 5.91 Å². The highest BCUT2D eigenvalue weighted by Gasteiger charge is 2.35. The van der Waals surface area contributed by atoms with Gasteiger partial charge in [-0.3, -0.25) is 14.5 Å². The van der Waals surface area contributed by atoms with Crippen LogP contribution in [-0.4, -0.2) is 38.7 Å². The molecule has 1 fully saturated rings. The van der Waals surface area contributed by atoms with Gasteiger partial charge in [0.15, 0.2) is 0 Å². The first-order valence-electron chi connectivity index (χ1n) is 9.36. The minimum Gasteiger partial charge on any atom is -0.334 e. The normalized spacial score (nSPS) is 14.9. The quantitative estimate of drug-likeness (QED) is 0.359. The number of benzene rings is 1. The number of rotatable bonds is 4. The standard InChI is InChI=1S/C22H16F3N5O/c1-2-4-15(11-26)21(31)29-12-17(13-29)30-18-5-3-10-27-20(18)19(28-30)14-6-8-16(9-7-14)22(23,24)25/h2-10,17H,1,12-13H2. The van der Waals surface area contributed by atoms with Gasteiger partial charge in [-0.15, -0.1) is 0 Å². The van der Waals surface area contributed by atoms with Crippen molar-refractivity contribution in [3.05, 3.63) is 72.5 Å². The first kappa shape index (κ1) is 20.3. The number of fused-ring (bicyclic) bond motifs is 1. The van der Waals surface area contributed by atoms with Crippen LogP contribution in [0.2, 0.25) is 0 Å². The van der Waals surface area contributed by atoms with E-state index in [0.717, 1.165) is 17.6 Å². The monoisotopic (exact) mass is 423 g/mol. The van der Waals surface area contributed by atoms with E-state index in [-0.39, 0.29) is 17.5 Å². The van der Waals surface area contributed by atoms with E-state index >= 15 is 0 Å². The molecule has 0 atom stereocenters. The summed E-state index contributed by atoms with van der Waals surface area (Å²) in [5.74, 6) is -0.379. The SMILES string of the molecule is C=CC=C(C#N)C(=O)N1CC(n2nc(-c3ccc(C(F)(F)F)cc3)c3ncccc32)C1. The van der Waals surface area contributed by atoms with Crippen molar-refractivity contribution in [1.29, 1.82) is 5.26 Å². The van der Waals surface area contributed by atoms with E-state index in [1.165, 1.54) is 29.2 Å². The van der Waals surface area contributed by atoms with Crippen molar-refractivity contribution in [3.8, 4) is 17.3 Å². The summed E-state index contributed by atoms with van der Waals surface area (Å²) in [5.41, 5.74) is 1.54. The molecule has 0 N–H and O–H groups in total. The second-order valence-corrected chi connectivity index (χ2v) is 7.03. The van der Waals surface area contributed by atoms with E-state index in [0.29, 0.717) is 29.9 Å². The molecule has 1 aliphatic heterocycles. The first-order valence-corrected chi connectivity index (χ1v) is 9.36. The van der Waals surface area contributed by atoms with Crippen molar-refractivity contribution in [2.45, 2.75) is 12.2 Å². The topological polar surface area (TPSA) is 74.8 Å². The summed E-state index contributed by atoms with van der Waals surface area (Å²) in [7, 11) is 0. The molecule has 1 aliphatic rings. The molecule has 156 valence electrons. The Kier molecular flexibility index (Phi) is 5.07. The smallest absolute Gasteiger partial charge is 0.334 e. The molecule has 2 aromatic heterocycles. The van der Waals surface area contributed by atoms with Gasteiger partial charge in [0.2, 0.25) is 0 Å². The third-order valence-corrected chi connectivity index (χ3v) is 5.08. The molecule has 0 spiro atoms. The van der Waals surface area contributed by atoms with Crippen molar-refractivity contribution in [3.63, 3.8) is 0 Å². The van der Waals surface area contributed by atoms with Gasteiger partial charge in [0.1, 0.15) is 22.9 Å². The molecule has 9 heteroatoms. The zero-order valence-electron chi connectivity index (χ0n) is 16.2. The van der Waals surface area contributed by atoms with Crippen molar-refractivity contribution < 1.29 is 18.0 Å². The van der Waals surface area contributed by atoms with Crippen LogP contribution in [0.4, 0.5) is 13.2 Å². The number of pyridine rings is 1. The number of nitrogens with zero attached hydrogens (tertiary/aromatic N) is 5. The minimum atomic E-state index is -4.41. The molecular weight excluding hydrogens is 407 g/mol. The molecule has 0 bridgehead atoms. The van der Waals surface area contributed by atoms with Crippen LogP contribution in [0, 0.1) is 11.3 Å². The molecule has 3 heterocycles. The largest absolute Gasteiger partial charge is 0.416 e. The Morgan fingerprint density at radius 1 is 1.23 bits per heavy atom. The van der Waals surface area contributed by atoms with Crippen LogP contribution < -0.4 is 0 Å². The molecule has 0 saturated carbocycles. The van der Waals surface area contributed by atoms with E-state index < -0.39 is 11.7 Å². The molecule has 3 aromatic rings. The maximum Gasteiger partial charge on any atom is 0.416 e. The Balaban J connectivity index is 1.63. The zero-order chi connectivity index (χ0) is 22.2. The van der Waals surface area contributed by atoms with E-state index in [2.05, 4.69) is 16.7 Å². The first-order chi connectivity index (χ1) is 14.8. The van der Waals surface area contributed by atoms with Crippen LogP contribution in [0.1, 0.15) is 11.6 Å². The number of allylic oxidation sites excluding steroid dienone is 2. The summed E-state index contributed by atoms with van der Waals surface area (Å²) >= 11 is 0. The molecule has 4 rings (SSSR count). The number of nitriles is 1. The Morgan fingerprint density at radius 2 is 1.94 bits per heavy atom. The van der Waals surface area contributed by atoms with Crippen LogP contribution >= 0.6 is 0 Å². The summed E-state index contributed by atoms with van der Waals surface area (Å²) in [6.45, 7) is 4.21. The van der Waals surface area contributed by atoms with Crippen molar-refractivity contribution in [2.24, 2.45) is 0 Å². The van der Waals surface area contributed by atoms with Gasteiger partial charge in [-0.25, -0.2) is 0 Å². The highest BCUT2D eigenvalue weighted by atomic mass is 19.4. The lowest BCUT2D eigenvalue weighted by atomic mass is 10.1. The number of hydrogen-bond donors (Lipinski definition) is 0. The average Bonchev–Trinajstić information content (AvgIpc) is 3.10. The number of carbonyl (C=O) groups excluding carboxylic acids is 1. The number of hydrogen-bond acceptors (Lipinski definition) is 4. The molecule has 1 aromatic carbocycles.